The zero-order valence-corrected chi connectivity index (χ0v) is 70.2. The van der Waals surface area contributed by atoms with Gasteiger partial charge in [0.25, 0.3) is 0 Å². The smallest absolute Gasteiger partial charge is 0.0622 e. The molecule has 21 aromatic carbocycles. The minimum Gasteiger partial charge on any atom is -0.0622 e. The van der Waals surface area contributed by atoms with Crippen LogP contribution < -0.4 is 0 Å². The molecule has 0 bridgehead atoms. The molecule has 0 saturated carbocycles. The molecule has 0 atom stereocenters. The summed E-state index contributed by atoms with van der Waals surface area (Å²) in [5.74, 6) is 0. The van der Waals surface area contributed by atoms with Crippen molar-refractivity contribution in [1.82, 2.24) is 0 Å². The van der Waals surface area contributed by atoms with Crippen LogP contribution >= 0.6 is 0 Å². The summed E-state index contributed by atoms with van der Waals surface area (Å²) < 4.78 is 0. The molecule has 594 valence electrons. The first kappa shape index (κ1) is 76.7. The summed E-state index contributed by atoms with van der Waals surface area (Å²) in [5.41, 5.74) is 45.0. The molecule has 0 nitrogen and oxygen atoms in total. The Morgan fingerprint density at radius 3 is 0.472 bits per heavy atom. The highest BCUT2D eigenvalue weighted by atomic mass is 14.5. The fourth-order valence-corrected chi connectivity index (χ4v) is 19.4. The van der Waals surface area contributed by atoms with Gasteiger partial charge in [-0.25, -0.2) is 0 Å². The lowest BCUT2D eigenvalue weighted by Gasteiger charge is -2.35. The van der Waals surface area contributed by atoms with E-state index in [0.717, 1.165) is 150 Å². The van der Waals surface area contributed by atoms with Gasteiger partial charge in [-0.05, 0) is 356 Å². The fourth-order valence-electron chi connectivity index (χ4n) is 19.4. The summed E-state index contributed by atoms with van der Waals surface area (Å²) in [6.45, 7) is 0. The molecule has 0 saturated heterocycles. The zero-order valence-electron chi connectivity index (χ0n) is 70.2. The minimum atomic E-state index is -0.997. The molecule has 21 aromatic rings. The Morgan fingerprint density at radius 2 is 0.244 bits per heavy atom. The molecule has 0 amide bonds. The van der Waals surface area contributed by atoms with Gasteiger partial charge in [0.15, 0.2) is 0 Å². The van der Waals surface area contributed by atoms with Crippen LogP contribution in [0.3, 0.4) is 0 Å². The monoisotopic (exact) mass is 1610 g/mol. The topological polar surface area (TPSA) is 0 Å². The van der Waals surface area contributed by atoms with Crippen LogP contribution in [0.4, 0.5) is 0 Å². The van der Waals surface area contributed by atoms with E-state index in [4.69, 9.17) is 0 Å². The van der Waals surface area contributed by atoms with Gasteiger partial charge in [-0.1, -0.05) is 388 Å². The van der Waals surface area contributed by atoms with Crippen LogP contribution in [-0.2, 0) is 5.41 Å². The number of hydrogen-bond acceptors (Lipinski definition) is 0. The predicted octanol–water partition coefficient (Wildman–Crippen LogP) is 34.4. The molecule has 0 N–H and O–H groups in total. The van der Waals surface area contributed by atoms with Gasteiger partial charge in [0.05, 0.1) is 5.41 Å². The first-order chi connectivity index (χ1) is 62.9. The second kappa shape index (κ2) is 33.8. The first-order valence-corrected chi connectivity index (χ1v) is 43.9. The maximum absolute atomic E-state index is 2.56. The van der Waals surface area contributed by atoms with Crippen molar-refractivity contribution in [2.45, 2.75) is 5.41 Å². The maximum atomic E-state index is 2.56. The van der Waals surface area contributed by atoms with E-state index < -0.39 is 5.41 Å². The Morgan fingerprint density at radius 1 is 0.0945 bits per heavy atom. The first-order valence-electron chi connectivity index (χ1n) is 43.9. The molecule has 0 aliphatic heterocycles. The molecular formula is C127H86. The van der Waals surface area contributed by atoms with E-state index in [-0.39, 0.29) is 0 Å². The fraction of sp³-hybridized carbons (Fsp3) is 0.00787. The van der Waals surface area contributed by atoms with Gasteiger partial charge in [0.1, 0.15) is 0 Å². The van der Waals surface area contributed by atoms with Crippen molar-refractivity contribution < 1.29 is 0 Å². The van der Waals surface area contributed by atoms with Crippen molar-refractivity contribution >= 4 is 0 Å². The van der Waals surface area contributed by atoms with Crippen LogP contribution in [0.15, 0.2) is 522 Å². The molecule has 0 heteroatoms. The maximum Gasteiger partial charge on any atom is 0.0714 e. The summed E-state index contributed by atoms with van der Waals surface area (Å²) in [7, 11) is 0. The van der Waals surface area contributed by atoms with E-state index >= 15 is 0 Å². The molecule has 1 aliphatic carbocycles. The lowest BCUT2D eigenvalue weighted by Crippen LogP contribution is -2.29. The molecule has 0 aromatic heterocycles. The standard InChI is InChI=1S/C127H86/c1-10-35-87(36-11-1)104-69-105(88-37-12-2-13-38-88)74-112(73-104)96-53-30-57-100(65-96)116-81-117(101-58-31-54-97(66-101)113-75-106(89-39-14-3-15-40-89)70-107(76-113)90-41-16-4-17-42-90)84-120(83-116)127(124-63-29-28-61-123(124)126-122(62-34-64-125(126)127)95-51-26-9-27-52-95)121-85-118(102-59-32-55-98(67-102)114-77-108(91-43-18-5-19-44-91)71-109(78-114)92-45-20-6-21-46-92)82-119(86-121)103-60-33-56-99(68-103)115-79-110(93-47-22-7-23-48-93)72-111(80-115)94-49-24-8-25-50-94/h1-86H. The number of rotatable bonds is 19. The lowest BCUT2D eigenvalue weighted by molar-refractivity contribution is 0.770. The van der Waals surface area contributed by atoms with Gasteiger partial charge in [-0.3, -0.25) is 0 Å². The van der Waals surface area contributed by atoms with E-state index in [1.54, 1.807) is 0 Å². The third-order valence-electron chi connectivity index (χ3n) is 25.6. The van der Waals surface area contributed by atoms with Crippen molar-refractivity contribution in [2.75, 3.05) is 0 Å². The molecule has 0 unspecified atom stereocenters. The molecule has 0 radical (unpaired) electrons. The normalized spacial score (nSPS) is 11.8. The van der Waals surface area contributed by atoms with Gasteiger partial charge in [-0.2, -0.15) is 0 Å². The van der Waals surface area contributed by atoms with E-state index in [0.29, 0.717) is 0 Å². The summed E-state index contributed by atoms with van der Waals surface area (Å²) in [4.78, 5) is 0. The van der Waals surface area contributed by atoms with Gasteiger partial charge in [-0.15, -0.1) is 0 Å². The molecule has 22 rings (SSSR count). The summed E-state index contributed by atoms with van der Waals surface area (Å²) in [5, 5.41) is 0. The molecule has 127 heavy (non-hydrogen) atoms. The summed E-state index contributed by atoms with van der Waals surface area (Å²) in [6, 6.07) is 195. The Hall–Kier alpha value is -16.4. The van der Waals surface area contributed by atoms with Crippen LogP contribution in [0.1, 0.15) is 22.3 Å². The third-order valence-corrected chi connectivity index (χ3v) is 25.6. The largest absolute Gasteiger partial charge is 0.0714 e. The minimum absolute atomic E-state index is 0.997. The van der Waals surface area contributed by atoms with E-state index in [9.17, 15) is 0 Å². The van der Waals surface area contributed by atoms with E-state index in [1.807, 2.05) is 0 Å². The molecule has 0 heterocycles. The number of hydrogen-bond donors (Lipinski definition) is 0. The van der Waals surface area contributed by atoms with Crippen LogP contribution in [0.2, 0.25) is 0 Å². The molecule has 0 spiro atoms. The van der Waals surface area contributed by atoms with Gasteiger partial charge < -0.3 is 0 Å². The molecular weight excluding hydrogens is 1530 g/mol. The number of fused-ring (bicyclic) bond motifs is 3. The Bertz CT molecular complexity index is 6610. The van der Waals surface area contributed by atoms with Crippen LogP contribution in [0, 0.1) is 0 Å². The van der Waals surface area contributed by atoms with Crippen molar-refractivity contribution in [1.29, 1.82) is 0 Å². The Labute approximate surface area is 744 Å². The third kappa shape index (κ3) is 15.2. The second-order valence-electron chi connectivity index (χ2n) is 33.4. The molecule has 1 aliphatic rings. The van der Waals surface area contributed by atoms with Gasteiger partial charge >= 0.3 is 0 Å². The van der Waals surface area contributed by atoms with E-state index in [2.05, 4.69) is 522 Å². The van der Waals surface area contributed by atoms with Crippen LogP contribution in [-0.4, -0.2) is 0 Å². The van der Waals surface area contributed by atoms with Crippen molar-refractivity contribution in [2.24, 2.45) is 0 Å². The molecule has 0 fully saturated rings. The summed E-state index contributed by atoms with van der Waals surface area (Å²) in [6.07, 6.45) is 0. The highest BCUT2D eigenvalue weighted by Crippen LogP contribution is 2.60. The average Bonchev–Trinajstić information content (AvgIpc) is 1.53. The SMILES string of the molecule is c1ccc(-c2cc(-c3ccccc3)cc(-c3cccc(-c4cc(-c5cccc(-c6cc(-c7ccccc7)cc(-c7ccccc7)c6)c5)cc(C5(c6cc(-c7cccc(-c8cc(-c9ccccc9)cc(-c9ccccc9)c8)c7)cc(-c7cccc(-c8cc(-c9ccccc9)cc(-c9ccccc9)c8)c7)c6)c6ccccc6-c6c(-c7ccccc7)cccc65)c4)c3)c2)cc1. The Kier molecular flexibility index (Phi) is 20.4. The quantitative estimate of drug-likeness (QED) is 0.0757. The predicted molar refractivity (Wildman–Crippen MR) is 536 cm³/mol. The van der Waals surface area contributed by atoms with E-state index in [1.165, 1.54) is 72.3 Å². The average molecular weight is 1610 g/mol. The summed E-state index contributed by atoms with van der Waals surface area (Å²) >= 11 is 0. The van der Waals surface area contributed by atoms with Crippen LogP contribution in [0.5, 0.6) is 0 Å². The highest BCUT2D eigenvalue weighted by Gasteiger charge is 2.48. The van der Waals surface area contributed by atoms with Gasteiger partial charge in [0, 0.05) is 0 Å². The highest BCUT2D eigenvalue weighted by molar-refractivity contribution is 5.98. The van der Waals surface area contributed by atoms with Crippen molar-refractivity contribution in [3.63, 3.8) is 0 Å². The van der Waals surface area contributed by atoms with Crippen LogP contribution in [0.25, 0.3) is 200 Å². The second-order valence-corrected chi connectivity index (χ2v) is 33.4. The Balaban J connectivity index is 0.817. The lowest BCUT2D eigenvalue weighted by atomic mass is 9.66. The van der Waals surface area contributed by atoms with Crippen molar-refractivity contribution in [3.05, 3.63) is 544 Å². The number of benzene rings is 21. The van der Waals surface area contributed by atoms with Gasteiger partial charge in [0.2, 0.25) is 0 Å². The van der Waals surface area contributed by atoms with Crippen molar-refractivity contribution in [3.8, 4) is 200 Å². The zero-order chi connectivity index (χ0) is 84.4.